The lowest BCUT2D eigenvalue weighted by molar-refractivity contribution is 0.0927. The van der Waals surface area contributed by atoms with E-state index in [1.807, 2.05) is 0 Å². The number of para-hydroxylation sites is 1. The van der Waals surface area contributed by atoms with Crippen molar-refractivity contribution in [3.8, 4) is 5.69 Å². The molecular weight excluding hydrogens is 349 g/mol. The van der Waals surface area contributed by atoms with E-state index < -0.39 is 5.56 Å². The highest BCUT2D eigenvalue weighted by Gasteiger charge is 2.20. The lowest BCUT2D eigenvalue weighted by atomic mass is 9.95. The largest absolute Gasteiger partial charge is 0.349 e. The number of amides is 1. The van der Waals surface area contributed by atoms with Crippen LogP contribution in [0.1, 0.15) is 42.5 Å². The van der Waals surface area contributed by atoms with Crippen molar-refractivity contribution >= 4 is 29.1 Å². The predicted molar refractivity (Wildman–Crippen MR) is 94.2 cm³/mol. The van der Waals surface area contributed by atoms with E-state index >= 15 is 0 Å². The molecule has 0 radical (unpaired) electrons. The molecule has 1 fully saturated rings. The van der Waals surface area contributed by atoms with Gasteiger partial charge in [0.15, 0.2) is 0 Å². The summed E-state index contributed by atoms with van der Waals surface area (Å²) in [6.07, 6.45) is 6.73. The second-order valence-electron chi connectivity index (χ2n) is 5.85. The van der Waals surface area contributed by atoms with Crippen molar-refractivity contribution in [1.82, 2.24) is 15.1 Å². The second-order valence-corrected chi connectivity index (χ2v) is 6.63. The first-order valence-corrected chi connectivity index (χ1v) is 8.67. The Morgan fingerprint density at radius 3 is 2.62 bits per heavy atom. The van der Waals surface area contributed by atoms with Gasteiger partial charge in [0, 0.05) is 6.04 Å². The van der Waals surface area contributed by atoms with E-state index in [2.05, 4.69) is 10.4 Å². The molecule has 0 unspecified atom stereocenters. The summed E-state index contributed by atoms with van der Waals surface area (Å²) in [6, 6.07) is 7.00. The third kappa shape index (κ3) is 3.47. The molecule has 1 heterocycles. The van der Waals surface area contributed by atoms with E-state index in [1.54, 1.807) is 24.3 Å². The smallest absolute Gasteiger partial charge is 0.291 e. The molecule has 1 aromatic heterocycles. The van der Waals surface area contributed by atoms with Crippen LogP contribution in [0.15, 0.2) is 35.3 Å². The molecule has 0 aliphatic heterocycles. The van der Waals surface area contributed by atoms with E-state index in [4.69, 9.17) is 23.2 Å². The van der Waals surface area contributed by atoms with Crippen LogP contribution >= 0.6 is 23.2 Å². The first-order valence-electron chi connectivity index (χ1n) is 7.91. The number of nitrogens with one attached hydrogen (secondary N) is 1. The Kier molecular flexibility index (Phi) is 5.21. The summed E-state index contributed by atoms with van der Waals surface area (Å²) in [5.41, 5.74) is 0.215. The lowest BCUT2D eigenvalue weighted by Gasteiger charge is -2.23. The zero-order valence-corrected chi connectivity index (χ0v) is 14.5. The van der Waals surface area contributed by atoms with Gasteiger partial charge in [0.25, 0.3) is 11.5 Å². The molecule has 0 saturated heterocycles. The minimum absolute atomic E-state index is 0.0852. The third-order valence-corrected chi connectivity index (χ3v) is 4.94. The summed E-state index contributed by atoms with van der Waals surface area (Å²) >= 11 is 11.7. The Morgan fingerprint density at radius 1 is 1.17 bits per heavy atom. The zero-order chi connectivity index (χ0) is 17.1. The van der Waals surface area contributed by atoms with Crippen LogP contribution in [0.2, 0.25) is 10.0 Å². The van der Waals surface area contributed by atoms with E-state index in [-0.39, 0.29) is 22.0 Å². The number of halogens is 2. The highest BCUT2D eigenvalue weighted by molar-refractivity contribution is 6.41. The molecule has 1 aromatic carbocycles. The van der Waals surface area contributed by atoms with Crippen molar-refractivity contribution in [2.75, 3.05) is 0 Å². The Bertz CT molecular complexity index is 814. The van der Waals surface area contributed by atoms with Crippen LogP contribution in [-0.2, 0) is 0 Å². The highest BCUT2D eigenvalue weighted by Crippen LogP contribution is 2.20. The number of aromatic nitrogens is 2. The first kappa shape index (κ1) is 17.0. The van der Waals surface area contributed by atoms with Gasteiger partial charge in [0.1, 0.15) is 5.02 Å². The van der Waals surface area contributed by atoms with E-state index in [0.717, 1.165) is 30.4 Å². The van der Waals surface area contributed by atoms with Gasteiger partial charge in [-0.1, -0.05) is 54.6 Å². The molecule has 2 aromatic rings. The number of rotatable bonds is 3. The molecule has 126 valence electrons. The van der Waals surface area contributed by atoms with Crippen molar-refractivity contribution in [2.45, 2.75) is 38.1 Å². The van der Waals surface area contributed by atoms with E-state index in [9.17, 15) is 9.59 Å². The fraction of sp³-hybridized carbons (Fsp3) is 0.353. The van der Waals surface area contributed by atoms with Gasteiger partial charge in [-0.25, -0.2) is 0 Å². The maximum atomic E-state index is 12.7. The minimum atomic E-state index is -0.554. The van der Waals surface area contributed by atoms with Crippen molar-refractivity contribution in [1.29, 1.82) is 0 Å². The Balaban J connectivity index is 1.95. The highest BCUT2D eigenvalue weighted by atomic mass is 35.5. The zero-order valence-electron chi connectivity index (χ0n) is 13.0. The standard InChI is InChI=1S/C17H17Cl2N3O2/c18-13-10-20-22(17(24)15(13)19)14-9-5-4-8-12(14)16(23)21-11-6-2-1-3-7-11/h4-5,8-11H,1-3,6-7H2,(H,21,23). The number of carbonyl (C=O) groups is 1. The molecule has 1 N–H and O–H groups in total. The summed E-state index contributed by atoms with van der Waals surface area (Å²) in [5.74, 6) is -0.211. The maximum absolute atomic E-state index is 12.7. The quantitative estimate of drug-likeness (QED) is 0.903. The molecule has 1 saturated carbocycles. The first-order chi connectivity index (χ1) is 11.6. The van der Waals surface area contributed by atoms with Crippen LogP contribution in [0.3, 0.4) is 0 Å². The molecule has 5 nitrogen and oxygen atoms in total. The minimum Gasteiger partial charge on any atom is -0.349 e. The van der Waals surface area contributed by atoms with Gasteiger partial charge in [-0.05, 0) is 25.0 Å². The van der Waals surface area contributed by atoms with Gasteiger partial charge in [0.2, 0.25) is 0 Å². The fourth-order valence-electron chi connectivity index (χ4n) is 2.94. The van der Waals surface area contributed by atoms with E-state index in [1.165, 1.54) is 12.6 Å². The summed E-state index contributed by atoms with van der Waals surface area (Å²) in [6.45, 7) is 0. The molecule has 0 atom stereocenters. The van der Waals surface area contributed by atoms with Crippen LogP contribution in [0, 0.1) is 0 Å². The summed E-state index contributed by atoms with van der Waals surface area (Å²) < 4.78 is 1.10. The van der Waals surface area contributed by atoms with Gasteiger partial charge in [-0.3, -0.25) is 9.59 Å². The topological polar surface area (TPSA) is 64.0 Å². The molecule has 0 bridgehead atoms. The molecule has 24 heavy (non-hydrogen) atoms. The molecule has 7 heteroatoms. The Morgan fingerprint density at radius 2 is 1.88 bits per heavy atom. The molecule has 3 rings (SSSR count). The Hall–Kier alpha value is -1.85. The van der Waals surface area contributed by atoms with Crippen molar-refractivity contribution in [3.63, 3.8) is 0 Å². The van der Waals surface area contributed by atoms with Crippen molar-refractivity contribution < 1.29 is 4.79 Å². The van der Waals surface area contributed by atoms with Crippen LogP contribution in [0.5, 0.6) is 0 Å². The summed E-state index contributed by atoms with van der Waals surface area (Å²) in [5, 5.41) is 7.02. The van der Waals surface area contributed by atoms with E-state index in [0.29, 0.717) is 11.3 Å². The fourth-order valence-corrected chi connectivity index (χ4v) is 3.20. The molecule has 0 spiro atoms. The normalized spacial score (nSPS) is 15.2. The van der Waals surface area contributed by atoms with Crippen molar-refractivity contribution in [2.24, 2.45) is 0 Å². The Labute approximate surface area is 149 Å². The summed E-state index contributed by atoms with van der Waals surface area (Å²) in [7, 11) is 0. The monoisotopic (exact) mass is 365 g/mol. The van der Waals surface area contributed by atoms with Gasteiger partial charge < -0.3 is 5.32 Å². The number of carbonyl (C=O) groups excluding carboxylic acids is 1. The average molecular weight is 366 g/mol. The van der Waals surface area contributed by atoms with Crippen LogP contribution in [-0.4, -0.2) is 21.7 Å². The number of benzene rings is 1. The number of nitrogens with zero attached hydrogens (tertiary/aromatic N) is 2. The molecular formula is C17H17Cl2N3O2. The van der Waals surface area contributed by atoms with Crippen LogP contribution in [0.4, 0.5) is 0 Å². The summed E-state index contributed by atoms with van der Waals surface area (Å²) in [4.78, 5) is 25.0. The average Bonchev–Trinajstić information content (AvgIpc) is 2.61. The maximum Gasteiger partial charge on any atom is 0.291 e. The van der Waals surface area contributed by atoms with Crippen LogP contribution < -0.4 is 10.9 Å². The van der Waals surface area contributed by atoms with Crippen molar-refractivity contribution in [3.05, 3.63) is 56.4 Å². The lowest BCUT2D eigenvalue weighted by Crippen LogP contribution is -2.37. The second kappa shape index (κ2) is 7.36. The molecule has 1 aliphatic rings. The van der Waals surface area contributed by atoms with Gasteiger partial charge in [-0.15, -0.1) is 0 Å². The molecule has 1 aliphatic carbocycles. The van der Waals surface area contributed by atoms with Crippen LogP contribution in [0.25, 0.3) is 5.69 Å². The number of hydrogen-bond acceptors (Lipinski definition) is 3. The van der Waals surface area contributed by atoms with Gasteiger partial charge in [0.05, 0.1) is 22.5 Å². The molecule has 1 amide bonds. The SMILES string of the molecule is O=C(NC1CCCCC1)c1ccccc1-n1ncc(Cl)c(Cl)c1=O. The van der Waals surface area contributed by atoms with Gasteiger partial charge in [-0.2, -0.15) is 9.78 Å². The number of hydrogen-bond donors (Lipinski definition) is 1. The predicted octanol–water partition coefficient (Wildman–Crippen LogP) is 3.60. The third-order valence-electron chi connectivity index (χ3n) is 4.19. The van der Waals surface area contributed by atoms with Gasteiger partial charge >= 0.3 is 0 Å².